The fourth-order valence-electron chi connectivity index (χ4n) is 4.19. The molecule has 5 nitrogen and oxygen atoms in total. The van der Waals surface area contributed by atoms with E-state index in [9.17, 15) is 9.90 Å². The zero-order valence-electron chi connectivity index (χ0n) is 14.7. The van der Waals surface area contributed by atoms with Crippen LogP contribution in [0, 0.1) is 5.41 Å². The molecule has 0 radical (unpaired) electrons. The topological polar surface area (TPSA) is 56.7 Å². The van der Waals surface area contributed by atoms with E-state index in [-0.39, 0.29) is 11.3 Å². The van der Waals surface area contributed by atoms with Crippen LogP contribution in [-0.2, 0) is 0 Å². The van der Waals surface area contributed by atoms with Crippen molar-refractivity contribution in [2.45, 2.75) is 45.1 Å². The van der Waals surface area contributed by atoms with E-state index in [0.717, 1.165) is 51.9 Å². The number of piperidine rings is 2. The first-order valence-corrected chi connectivity index (χ1v) is 9.22. The summed E-state index contributed by atoms with van der Waals surface area (Å²) in [5, 5.41) is 9.81. The minimum atomic E-state index is 0.0842. The van der Waals surface area contributed by atoms with Crippen LogP contribution in [0.25, 0.3) is 0 Å². The summed E-state index contributed by atoms with van der Waals surface area (Å²) >= 11 is 0. The SMILES string of the molecule is CC[C@@]1(CO)CCCN(C2CCN(C(=O)c3cccnc3)CC2)C1. The lowest BCUT2D eigenvalue weighted by Crippen LogP contribution is -2.53. The first kappa shape index (κ1) is 17.4. The van der Waals surface area contributed by atoms with E-state index in [1.165, 1.54) is 6.42 Å². The molecule has 1 aromatic rings. The lowest BCUT2D eigenvalue weighted by molar-refractivity contribution is -0.00404. The Labute approximate surface area is 144 Å². The van der Waals surface area contributed by atoms with Crippen molar-refractivity contribution in [3.8, 4) is 0 Å². The number of pyridine rings is 1. The molecular formula is C19H29N3O2. The first-order chi connectivity index (χ1) is 11.7. The molecule has 0 spiro atoms. The third-order valence-electron chi connectivity index (χ3n) is 5.95. The van der Waals surface area contributed by atoms with Crippen molar-refractivity contribution in [3.63, 3.8) is 0 Å². The molecule has 1 atom stereocenters. The standard InChI is InChI=1S/C19H29N3O2/c1-2-19(15-23)8-4-10-22(14-19)17-6-11-21(12-7-17)18(24)16-5-3-9-20-13-16/h3,5,9,13,17,23H,2,4,6-8,10-12,14-15H2,1H3/t19-/m1/s1. The molecule has 1 aromatic heterocycles. The number of carbonyl (C=O) groups excluding carboxylic acids is 1. The number of likely N-dealkylation sites (tertiary alicyclic amines) is 2. The fraction of sp³-hybridized carbons (Fsp3) is 0.684. The highest BCUT2D eigenvalue weighted by molar-refractivity contribution is 5.93. The summed E-state index contributed by atoms with van der Waals surface area (Å²) in [4.78, 5) is 21.1. The van der Waals surface area contributed by atoms with Crippen LogP contribution in [0.5, 0.6) is 0 Å². The van der Waals surface area contributed by atoms with Crippen molar-refractivity contribution >= 4 is 5.91 Å². The summed E-state index contributed by atoms with van der Waals surface area (Å²) < 4.78 is 0. The van der Waals surface area contributed by atoms with Gasteiger partial charge >= 0.3 is 0 Å². The number of amides is 1. The Hall–Kier alpha value is -1.46. The molecule has 2 aliphatic heterocycles. The van der Waals surface area contributed by atoms with Crippen LogP contribution in [0.2, 0.25) is 0 Å². The van der Waals surface area contributed by atoms with Gasteiger partial charge in [0.25, 0.3) is 5.91 Å². The second kappa shape index (κ2) is 7.62. The van der Waals surface area contributed by atoms with Gasteiger partial charge in [-0.05, 0) is 50.8 Å². The van der Waals surface area contributed by atoms with Crippen molar-refractivity contribution in [1.29, 1.82) is 0 Å². The summed E-state index contributed by atoms with van der Waals surface area (Å²) in [7, 11) is 0. The summed E-state index contributed by atoms with van der Waals surface area (Å²) in [6.45, 7) is 6.23. The molecule has 0 aromatic carbocycles. The Morgan fingerprint density at radius 1 is 1.38 bits per heavy atom. The summed E-state index contributed by atoms with van der Waals surface area (Å²) in [6.07, 6.45) is 8.74. The zero-order valence-corrected chi connectivity index (χ0v) is 14.7. The molecule has 1 N–H and O–H groups in total. The van der Waals surface area contributed by atoms with Crippen LogP contribution < -0.4 is 0 Å². The molecule has 0 unspecified atom stereocenters. The molecule has 0 saturated carbocycles. The first-order valence-electron chi connectivity index (χ1n) is 9.22. The average molecular weight is 331 g/mol. The van der Waals surface area contributed by atoms with E-state index < -0.39 is 0 Å². The maximum atomic E-state index is 12.5. The van der Waals surface area contributed by atoms with Crippen molar-refractivity contribution in [3.05, 3.63) is 30.1 Å². The highest BCUT2D eigenvalue weighted by Gasteiger charge is 2.37. The van der Waals surface area contributed by atoms with Gasteiger partial charge in [-0.15, -0.1) is 0 Å². The predicted octanol–water partition coefficient (Wildman–Crippen LogP) is 2.17. The molecule has 0 aliphatic carbocycles. The third kappa shape index (κ3) is 3.62. The Morgan fingerprint density at radius 3 is 2.79 bits per heavy atom. The van der Waals surface area contributed by atoms with Crippen molar-refractivity contribution in [2.24, 2.45) is 5.41 Å². The fourth-order valence-corrected chi connectivity index (χ4v) is 4.19. The van der Waals surface area contributed by atoms with Gasteiger partial charge in [-0.2, -0.15) is 0 Å². The summed E-state index contributed by atoms with van der Waals surface area (Å²) in [5.74, 6) is 0.0958. The van der Waals surface area contributed by atoms with Crippen LogP contribution in [0.3, 0.4) is 0 Å². The number of aromatic nitrogens is 1. The van der Waals surface area contributed by atoms with E-state index in [2.05, 4.69) is 16.8 Å². The molecule has 2 saturated heterocycles. The Kier molecular flexibility index (Phi) is 5.51. The Balaban J connectivity index is 1.56. The highest BCUT2D eigenvalue weighted by Crippen LogP contribution is 2.35. The zero-order chi connectivity index (χ0) is 17.0. The van der Waals surface area contributed by atoms with Crippen molar-refractivity contribution in [1.82, 2.24) is 14.8 Å². The van der Waals surface area contributed by atoms with Gasteiger partial charge in [0.2, 0.25) is 0 Å². The smallest absolute Gasteiger partial charge is 0.255 e. The minimum Gasteiger partial charge on any atom is -0.396 e. The van der Waals surface area contributed by atoms with E-state index >= 15 is 0 Å². The lowest BCUT2D eigenvalue weighted by Gasteiger charge is -2.46. The molecule has 2 aliphatic rings. The quantitative estimate of drug-likeness (QED) is 0.919. The molecule has 0 bridgehead atoms. The van der Waals surface area contributed by atoms with Crippen LogP contribution in [-0.4, -0.2) is 64.6 Å². The lowest BCUT2D eigenvalue weighted by atomic mass is 9.77. The van der Waals surface area contributed by atoms with Crippen molar-refractivity contribution in [2.75, 3.05) is 32.8 Å². The number of hydrogen-bond acceptors (Lipinski definition) is 4. The second-order valence-corrected chi connectivity index (χ2v) is 7.35. The number of rotatable bonds is 4. The van der Waals surface area contributed by atoms with Gasteiger partial charge in [0.05, 0.1) is 5.56 Å². The van der Waals surface area contributed by atoms with Gasteiger partial charge in [-0.3, -0.25) is 14.7 Å². The summed E-state index contributed by atoms with van der Waals surface area (Å²) in [6, 6.07) is 4.19. The molecule has 1 amide bonds. The molecule has 5 heteroatoms. The monoisotopic (exact) mass is 331 g/mol. The molecule has 132 valence electrons. The van der Waals surface area contributed by atoms with E-state index in [1.54, 1.807) is 12.4 Å². The minimum absolute atomic E-state index is 0.0842. The van der Waals surface area contributed by atoms with Crippen LogP contribution in [0.4, 0.5) is 0 Å². The highest BCUT2D eigenvalue weighted by atomic mass is 16.3. The number of aliphatic hydroxyl groups is 1. The number of hydrogen-bond donors (Lipinski definition) is 1. The molecular weight excluding hydrogens is 302 g/mol. The number of carbonyl (C=O) groups is 1. The Bertz CT molecular complexity index is 537. The molecule has 3 rings (SSSR count). The van der Waals surface area contributed by atoms with Gasteiger partial charge in [0.1, 0.15) is 0 Å². The van der Waals surface area contributed by atoms with Gasteiger partial charge in [0, 0.05) is 50.1 Å². The van der Waals surface area contributed by atoms with Gasteiger partial charge in [-0.25, -0.2) is 0 Å². The van der Waals surface area contributed by atoms with Gasteiger partial charge in [-0.1, -0.05) is 6.92 Å². The maximum absolute atomic E-state index is 12.5. The van der Waals surface area contributed by atoms with Crippen LogP contribution in [0.15, 0.2) is 24.5 Å². The third-order valence-corrected chi connectivity index (χ3v) is 5.95. The molecule has 24 heavy (non-hydrogen) atoms. The normalized spacial score (nSPS) is 26.5. The van der Waals surface area contributed by atoms with E-state index in [0.29, 0.717) is 18.2 Å². The Morgan fingerprint density at radius 2 is 2.17 bits per heavy atom. The second-order valence-electron chi connectivity index (χ2n) is 7.35. The molecule has 3 heterocycles. The van der Waals surface area contributed by atoms with E-state index in [1.807, 2.05) is 17.0 Å². The summed E-state index contributed by atoms with van der Waals surface area (Å²) in [5.41, 5.74) is 0.764. The molecule has 2 fully saturated rings. The van der Waals surface area contributed by atoms with Gasteiger partial charge < -0.3 is 10.0 Å². The van der Waals surface area contributed by atoms with Crippen LogP contribution >= 0.6 is 0 Å². The number of nitrogens with zero attached hydrogens (tertiary/aromatic N) is 3. The van der Waals surface area contributed by atoms with Crippen LogP contribution in [0.1, 0.15) is 49.4 Å². The largest absolute Gasteiger partial charge is 0.396 e. The van der Waals surface area contributed by atoms with Gasteiger partial charge in [0.15, 0.2) is 0 Å². The average Bonchev–Trinajstić information content (AvgIpc) is 2.68. The van der Waals surface area contributed by atoms with Crippen molar-refractivity contribution < 1.29 is 9.90 Å². The maximum Gasteiger partial charge on any atom is 0.255 e. The van der Waals surface area contributed by atoms with E-state index in [4.69, 9.17) is 0 Å². The predicted molar refractivity (Wildman–Crippen MR) is 93.8 cm³/mol. The number of aliphatic hydroxyl groups excluding tert-OH is 1.